The summed E-state index contributed by atoms with van der Waals surface area (Å²) in [5.41, 5.74) is 4.09. The van der Waals surface area contributed by atoms with Gasteiger partial charge in [-0.1, -0.05) is 55.1 Å². The lowest BCUT2D eigenvalue weighted by Crippen LogP contribution is -2.06. The van der Waals surface area contributed by atoms with Gasteiger partial charge in [0.15, 0.2) is 0 Å². The van der Waals surface area contributed by atoms with Crippen LogP contribution in [0.4, 0.5) is 5.69 Å². The molecule has 0 amide bonds. The summed E-state index contributed by atoms with van der Waals surface area (Å²) in [6.07, 6.45) is 0. The summed E-state index contributed by atoms with van der Waals surface area (Å²) >= 11 is 0. The van der Waals surface area contributed by atoms with Crippen molar-refractivity contribution in [2.75, 3.05) is 5.32 Å². The van der Waals surface area contributed by atoms with E-state index in [0.717, 1.165) is 22.5 Å². The van der Waals surface area contributed by atoms with Crippen molar-refractivity contribution < 1.29 is 0 Å². The summed E-state index contributed by atoms with van der Waals surface area (Å²) in [6.45, 7) is 5.75. The Morgan fingerprint density at radius 1 is 1.00 bits per heavy atom. The molecular weight excluding hydrogens is 220 g/mol. The number of para-hydroxylation sites is 1. The third kappa shape index (κ3) is 2.66. The van der Waals surface area contributed by atoms with Gasteiger partial charge < -0.3 is 5.32 Å². The lowest BCUT2D eigenvalue weighted by Gasteiger charge is -2.12. The van der Waals surface area contributed by atoms with Crippen LogP contribution in [-0.4, -0.2) is 5.71 Å². The minimum Gasteiger partial charge on any atom is -0.359 e. The average Bonchev–Trinajstić information content (AvgIpc) is 2.39. The zero-order chi connectivity index (χ0) is 13.0. The van der Waals surface area contributed by atoms with Crippen LogP contribution >= 0.6 is 0 Å². The Morgan fingerprint density at radius 2 is 1.61 bits per heavy atom. The van der Waals surface area contributed by atoms with E-state index >= 15 is 0 Å². The molecule has 0 heterocycles. The van der Waals surface area contributed by atoms with Gasteiger partial charge in [0.1, 0.15) is 0 Å². The number of anilines is 1. The Labute approximate surface area is 107 Å². The van der Waals surface area contributed by atoms with Gasteiger partial charge in [0, 0.05) is 22.5 Å². The third-order valence-corrected chi connectivity index (χ3v) is 2.61. The summed E-state index contributed by atoms with van der Waals surface area (Å²) in [4.78, 5) is 0. The largest absolute Gasteiger partial charge is 0.359 e. The molecule has 2 rings (SSSR count). The Morgan fingerprint density at radius 3 is 2.28 bits per heavy atom. The molecule has 0 atom stereocenters. The first kappa shape index (κ1) is 12.1. The van der Waals surface area contributed by atoms with E-state index in [4.69, 9.17) is 5.41 Å². The topological polar surface area (TPSA) is 35.9 Å². The summed E-state index contributed by atoms with van der Waals surface area (Å²) in [5.74, 6) is 0. The molecule has 0 aromatic heterocycles. The van der Waals surface area contributed by atoms with Crippen LogP contribution in [0.3, 0.4) is 0 Å². The second kappa shape index (κ2) is 5.32. The highest BCUT2D eigenvalue weighted by Crippen LogP contribution is 2.20. The van der Waals surface area contributed by atoms with Crippen LogP contribution in [0, 0.1) is 5.41 Å². The first-order valence-corrected chi connectivity index (χ1v) is 5.84. The van der Waals surface area contributed by atoms with E-state index < -0.39 is 0 Å². The fraction of sp³-hybridized carbons (Fsp3) is 0.0625. The van der Waals surface area contributed by atoms with Gasteiger partial charge in [-0.25, -0.2) is 0 Å². The van der Waals surface area contributed by atoms with Crippen LogP contribution in [0.1, 0.15) is 18.1 Å². The number of benzene rings is 2. The van der Waals surface area contributed by atoms with Gasteiger partial charge >= 0.3 is 0 Å². The fourth-order valence-electron chi connectivity index (χ4n) is 1.80. The first-order chi connectivity index (χ1) is 8.68. The van der Waals surface area contributed by atoms with Gasteiger partial charge in [-0.05, 0) is 13.0 Å². The molecule has 0 spiro atoms. The molecule has 0 saturated heterocycles. The normalized spacial score (nSPS) is 9.83. The van der Waals surface area contributed by atoms with Crippen LogP contribution in [0.5, 0.6) is 0 Å². The van der Waals surface area contributed by atoms with Gasteiger partial charge in [0.05, 0.1) is 5.71 Å². The summed E-state index contributed by atoms with van der Waals surface area (Å²) in [7, 11) is 0. The molecule has 2 aromatic carbocycles. The zero-order valence-electron chi connectivity index (χ0n) is 10.4. The first-order valence-electron chi connectivity index (χ1n) is 5.84. The highest BCUT2D eigenvalue weighted by Gasteiger charge is 2.08. The zero-order valence-corrected chi connectivity index (χ0v) is 10.4. The number of nitrogens with one attached hydrogen (secondary N) is 2. The molecule has 2 nitrogen and oxygen atoms in total. The summed E-state index contributed by atoms with van der Waals surface area (Å²) < 4.78 is 0. The Bertz CT molecular complexity index is 571. The third-order valence-electron chi connectivity index (χ3n) is 2.61. The Hall–Kier alpha value is -2.35. The smallest absolute Gasteiger partial charge is 0.0705 e. The van der Waals surface area contributed by atoms with E-state index in [1.807, 2.05) is 61.5 Å². The molecule has 0 aliphatic carbocycles. The highest BCUT2D eigenvalue weighted by atomic mass is 14.9. The van der Waals surface area contributed by atoms with Crippen molar-refractivity contribution in [1.82, 2.24) is 0 Å². The highest BCUT2D eigenvalue weighted by molar-refractivity contribution is 6.14. The molecule has 0 saturated carbocycles. The summed E-state index contributed by atoms with van der Waals surface area (Å²) in [6, 6.07) is 17.5. The fourth-order valence-corrected chi connectivity index (χ4v) is 1.80. The van der Waals surface area contributed by atoms with E-state index in [1.54, 1.807) is 0 Å². The molecule has 18 heavy (non-hydrogen) atoms. The maximum Gasteiger partial charge on any atom is 0.0705 e. The molecule has 2 N–H and O–H groups in total. The summed E-state index contributed by atoms with van der Waals surface area (Å²) in [5, 5.41) is 11.5. The quantitative estimate of drug-likeness (QED) is 0.772. The van der Waals surface area contributed by atoms with Crippen LogP contribution in [0.25, 0.3) is 0 Å². The second-order valence-corrected chi connectivity index (χ2v) is 4.19. The number of hydrogen-bond acceptors (Lipinski definition) is 2. The molecule has 2 heteroatoms. The molecule has 0 aliphatic heterocycles. The number of allylic oxidation sites excluding steroid dienone is 1. The average molecular weight is 236 g/mol. The predicted molar refractivity (Wildman–Crippen MR) is 77.3 cm³/mol. The minimum absolute atomic E-state index is 0.514. The molecule has 0 unspecified atom stereocenters. The maximum absolute atomic E-state index is 8.29. The molecule has 0 radical (unpaired) electrons. The molecule has 2 aromatic rings. The van der Waals surface area contributed by atoms with Gasteiger partial charge in [-0.3, -0.25) is 5.41 Å². The standard InChI is InChI=1S/C16H16N2/c1-12(2)18-15-11-7-6-10-14(15)16(17)13-8-4-3-5-9-13/h3-11,17-18H,1H2,2H3. The maximum atomic E-state index is 8.29. The van der Waals surface area contributed by atoms with Crippen molar-refractivity contribution in [2.24, 2.45) is 0 Å². The van der Waals surface area contributed by atoms with E-state index in [-0.39, 0.29) is 0 Å². The lowest BCUT2D eigenvalue weighted by atomic mass is 10.0. The van der Waals surface area contributed by atoms with Gasteiger partial charge in [0.2, 0.25) is 0 Å². The van der Waals surface area contributed by atoms with Crippen molar-refractivity contribution in [3.63, 3.8) is 0 Å². The Balaban J connectivity index is 2.39. The molecule has 0 bridgehead atoms. The SMILES string of the molecule is C=C(C)Nc1ccccc1C(=N)c1ccccc1. The number of rotatable bonds is 4. The van der Waals surface area contributed by atoms with Crippen molar-refractivity contribution >= 4 is 11.4 Å². The van der Waals surface area contributed by atoms with E-state index in [1.165, 1.54) is 0 Å². The minimum atomic E-state index is 0.514. The van der Waals surface area contributed by atoms with E-state index in [0.29, 0.717) is 5.71 Å². The lowest BCUT2D eigenvalue weighted by molar-refractivity contribution is 1.38. The van der Waals surface area contributed by atoms with Crippen molar-refractivity contribution in [1.29, 1.82) is 5.41 Å². The van der Waals surface area contributed by atoms with Crippen LogP contribution in [0.2, 0.25) is 0 Å². The van der Waals surface area contributed by atoms with Gasteiger partial charge in [0.25, 0.3) is 0 Å². The molecule has 0 aliphatic rings. The molecule has 90 valence electrons. The van der Waals surface area contributed by atoms with Crippen molar-refractivity contribution in [3.8, 4) is 0 Å². The van der Waals surface area contributed by atoms with E-state index in [2.05, 4.69) is 11.9 Å². The molecule has 0 fully saturated rings. The molecular formula is C16H16N2. The van der Waals surface area contributed by atoms with Crippen molar-refractivity contribution in [2.45, 2.75) is 6.92 Å². The monoisotopic (exact) mass is 236 g/mol. The second-order valence-electron chi connectivity index (χ2n) is 4.19. The Kier molecular flexibility index (Phi) is 3.58. The van der Waals surface area contributed by atoms with E-state index in [9.17, 15) is 0 Å². The number of hydrogen-bond donors (Lipinski definition) is 2. The van der Waals surface area contributed by atoms with Crippen molar-refractivity contribution in [3.05, 3.63) is 78.0 Å². The van der Waals surface area contributed by atoms with Crippen LogP contribution in [-0.2, 0) is 0 Å². The van der Waals surface area contributed by atoms with Crippen LogP contribution in [0.15, 0.2) is 66.9 Å². The van der Waals surface area contributed by atoms with Gasteiger partial charge in [-0.15, -0.1) is 0 Å². The predicted octanol–water partition coefficient (Wildman–Crippen LogP) is 4.05. The van der Waals surface area contributed by atoms with Crippen LogP contribution < -0.4 is 5.32 Å². The van der Waals surface area contributed by atoms with Gasteiger partial charge in [-0.2, -0.15) is 0 Å².